The number of hydrogen-bond acceptors (Lipinski definition) is 2. The molecule has 1 heterocycles. The van der Waals surface area contributed by atoms with Crippen molar-refractivity contribution in [3.05, 3.63) is 53.9 Å². The van der Waals surface area contributed by atoms with Crippen LogP contribution in [0, 0.1) is 5.92 Å². The van der Waals surface area contributed by atoms with E-state index in [1.807, 2.05) is 6.08 Å². The van der Waals surface area contributed by atoms with Gasteiger partial charge in [-0.1, -0.05) is 58.8 Å². The number of nitrogens with zero attached hydrogens (tertiary/aromatic N) is 1. The maximum Gasteiger partial charge on any atom is 0.0530 e. The van der Waals surface area contributed by atoms with Crippen molar-refractivity contribution in [2.75, 3.05) is 0 Å². The van der Waals surface area contributed by atoms with E-state index in [0.29, 0.717) is 5.70 Å². The van der Waals surface area contributed by atoms with E-state index in [4.69, 9.17) is 5.21 Å². The third kappa shape index (κ3) is 5.25. The highest BCUT2D eigenvalue weighted by molar-refractivity contribution is 5.84. The number of nitrogens with one attached hydrogen (secondary N) is 1. The summed E-state index contributed by atoms with van der Waals surface area (Å²) in [6.45, 7) is 11.7. The summed E-state index contributed by atoms with van der Waals surface area (Å²) in [5.74, 6) is 0.811. The zero-order valence-electron chi connectivity index (χ0n) is 16.6. The maximum atomic E-state index is 8.85. The number of benzene rings is 1. The van der Waals surface area contributed by atoms with E-state index < -0.39 is 0 Å². The molecule has 0 aliphatic carbocycles. The molecule has 26 heavy (non-hydrogen) atoms. The minimum absolute atomic E-state index is 0.483. The minimum atomic E-state index is 0.483. The zero-order chi connectivity index (χ0) is 18.9. The molecule has 142 valence electrons. The Morgan fingerprint density at radius 2 is 2.00 bits per heavy atom. The molecule has 0 spiro atoms. The van der Waals surface area contributed by atoms with E-state index in [1.165, 1.54) is 48.7 Å². The second-order valence-electron chi connectivity index (χ2n) is 7.15. The Balaban J connectivity index is 2.31. The van der Waals surface area contributed by atoms with E-state index in [9.17, 15) is 0 Å². The van der Waals surface area contributed by atoms with Gasteiger partial charge in [0, 0.05) is 23.1 Å². The number of rotatable bonds is 11. The lowest BCUT2D eigenvalue weighted by atomic mass is 9.99. The highest BCUT2D eigenvalue weighted by Crippen LogP contribution is 2.25. The van der Waals surface area contributed by atoms with Gasteiger partial charge in [0.05, 0.1) is 5.70 Å². The van der Waals surface area contributed by atoms with Gasteiger partial charge in [-0.05, 0) is 55.0 Å². The summed E-state index contributed by atoms with van der Waals surface area (Å²) in [6.07, 6.45) is 11.1. The Bertz CT molecular complexity index is 738. The molecule has 3 heteroatoms. The van der Waals surface area contributed by atoms with Crippen LogP contribution in [-0.2, 0) is 13.0 Å². The molecule has 2 aromatic rings. The van der Waals surface area contributed by atoms with Gasteiger partial charge in [0.25, 0.3) is 0 Å². The number of aryl methyl sites for hydroxylation is 2. The monoisotopic (exact) mass is 354 g/mol. The van der Waals surface area contributed by atoms with Gasteiger partial charge in [0.2, 0.25) is 0 Å². The van der Waals surface area contributed by atoms with Crippen molar-refractivity contribution in [1.82, 2.24) is 10.0 Å². The quantitative estimate of drug-likeness (QED) is 0.366. The number of fused-ring (bicyclic) bond motifs is 1. The average Bonchev–Trinajstić information content (AvgIpc) is 3.01. The molecule has 0 radical (unpaired) electrons. The van der Waals surface area contributed by atoms with Crippen molar-refractivity contribution in [2.24, 2.45) is 5.92 Å². The lowest BCUT2D eigenvalue weighted by Gasteiger charge is -2.16. The number of hydroxylamine groups is 1. The maximum absolute atomic E-state index is 8.85. The second-order valence-corrected chi connectivity index (χ2v) is 7.15. The van der Waals surface area contributed by atoms with Crippen LogP contribution in [0.5, 0.6) is 0 Å². The Morgan fingerprint density at radius 3 is 2.65 bits per heavy atom. The molecule has 0 unspecified atom stereocenters. The van der Waals surface area contributed by atoms with E-state index >= 15 is 0 Å². The van der Waals surface area contributed by atoms with Gasteiger partial charge in [-0.25, -0.2) is 0 Å². The molecule has 0 bridgehead atoms. The molecule has 1 aromatic carbocycles. The fourth-order valence-electron chi connectivity index (χ4n) is 3.52. The third-order valence-electron chi connectivity index (χ3n) is 5.33. The van der Waals surface area contributed by atoms with Crippen LogP contribution in [0.1, 0.15) is 64.1 Å². The minimum Gasteiger partial charge on any atom is -0.345 e. The SMILES string of the molecule is C=C(/C=C/c1ccc2c(c1)cc(CCCC)n2CCC(CC)CC)NO. The number of unbranched alkanes of at least 4 members (excludes halogenated alkanes) is 1. The lowest BCUT2D eigenvalue weighted by Crippen LogP contribution is -2.08. The average molecular weight is 355 g/mol. The Labute approximate surface area is 158 Å². The molecular weight excluding hydrogens is 320 g/mol. The van der Waals surface area contributed by atoms with Gasteiger partial charge in [-0.2, -0.15) is 0 Å². The van der Waals surface area contributed by atoms with Crippen molar-refractivity contribution in [3.63, 3.8) is 0 Å². The van der Waals surface area contributed by atoms with Crippen LogP contribution in [0.2, 0.25) is 0 Å². The Kier molecular flexibility index (Phi) is 7.99. The number of aromatic nitrogens is 1. The van der Waals surface area contributed by atoms with Gasteiger partial charge < -0.3 is 4.57 Å². The Hall–Kier alpha value is -2.00. The second kappa shape index (κ2) is 10.2. The zero-order valence-corrected chi connectivity index (χ0v) is 16.6. The first-order chi connectivity index (χ1) is 12.6. The largest absolute Gasteiger partial charge is 0.345 e. The molecule has 0 atom stereocenters. The summed E-state index contributed by atoms with van der Waals surface area (Å²) in [6, 6.07) is 8.95. The first-order valence-corrected chi connectivity index (χ1v) is 10.0. The van der Waals surface area contributed by atoms with Crippen LogP contribution in [-0.4, -0.2) is 9.77 Å². The van der Waals surface area contributed by atoms with Crippen LogP contribution in [0.15, 0.2) is 42.6 Å². The van der Waals surface area contributed by atoms with Crippen molar-refractivity contribution in [2.45, 2.75) is 65.8 Å². The molecule has 0 fully saturated rings. The number of hydrogen-bond donors (Lipinski definition) is 2. The molecule has 0 aliphatic heterocycles. The molecule has 0 amide bonds. The van der Waals surface area contributed by atoms with Gasteiger partial charge >= 0.3 is 0 Å². The normalized spacial score (nSPS) is 11.7. The van der Waals surface area contributed by atoms with Gasteiger partial charge in [-0.15, -0.1) is 0 Å². The van der Waals surface area contributed by atoms with Gasteiger partial charge in [0.1, 0.15) is 0 Å². The van der Waals surface area contributed by atoms with Crippen LogP contribution in [0.25, 0.3) is 17.0 Å². The summed E-state index contributed by atoms with van der Waals surface area (Å²) in [7, 11) is 0. The first-order valence-electron chi connectivity index (χ1n) is 10.0. The predicted molar refractivity (Wildman–Crippen MR) is 112 cm³/mol. The summed E-state index contributed by atoms with van der Waals surface area (Å²) < 4.78 is 2.53. The molecule has 0 aliphatic rings. The third-order valence-corrected chi connectivity index (χ3v) is 5.33. The van der Waals surface area contributed by atoms with Gasteiger partial charge in [-0.3, -0.25) is 10.7 Å². The molecule has 0 saturated carbocycles. The van der Waals surface area contributed by atoms with E-state index in [2.05, 4.69) is 61.7 Å². The van der Waals surface area contributed by atoms with Crippen LogP contribution < -0.4 is 5.48 Å². The Morgan fingerprint density at radius 1 is 1.23 bits per heavy atom. The van der Waals surface area contributed by atoms with Crippen molar-refractivity contribution >= 4 is 17.0 Å². The first kappa shape index (κ1) is 20.3. The molecule has 0 saturated heterocycles. The highest BCUT2D eigenvalue weighted by Gasteiger charge is 2.11. The molecule has 3 nitrogen and oxygen atoms in total. The molecule has 1 aromatic heterocycles. The van der Waals surface area contributed by atoms with Crippen molar-refractivity contribution in [3.8, 4) is 0 Å². The number of allylic oxidation sites excluding steroid dienone is 1. The van der Waals surface area contributed by atoms with Crippen molar-refractivity contribution in [1.29, 1.82) is 0 Å². The molecular formula is C23H34N2O. The summed E-state index contributed by atoms with van der Waals surface area (Å²) in [5, 5.41) is 10.1. The predicted octanol–water partition coefficient (Wildman–Crippen LogP) is 6.32. The summed E-state index contributed by atoms with van der Waals surface area (Å²) in [5.41, 5.74) is 6.45. The van der Waals surface area contributed by atoms with Gasteiger partial charge in [0.15, 0.2) is 0 Å². The lowest BCUT2D eigenvalue weighted by molar-refractivity contribution is 0.205. The fraction of sp³-hybridized carbons (Fsp3) is 0.478. The van der Waals surface area contributed by atoms with E-state index in [0.717, 1.165) is 24.4 Å². The van der Waals surface area contributed by atoms with Crippen LogP contribution in [0.4, 0.5) is 0 Å². The summed E-state index contributed by atoms with van der Waals surface area (Å²) >= 11 is 0. The topological polar surface area (TPSA) is 37.2 Å². The van der Waals surface area contributed by atoms with Crippen LogP contribution >= 0.6 is 0 Å². The highest BCUT2D eigenvalue weighted by atomic mass is 16.5. The smallest absolute Gasteiger partial charge is 0.0530 e. The molecule has 2 N–H and O–H groups in total. The van der Waals surface area contributed by atoms with E-state index in [-0.39, 0.29) is 0 Å². The van der Waals surface area contributed by atoms with Crippen LogP contribution in [0.3, 0.4) is 0 Å². The molecule has 2 rings (SSSR count). The standard InChI is InChI=1S/C23H34N2O/c1-5-8-9-22-17-21-16-20(11-10-18(4)24-26)12-13-23(21)25(22)15-14-19(6-2)7-3/h10-13,16-17,19,24,26H,4-9,14-15H2,1-3H3/b11-10+. The van der Waals surface area contributed by atoms with Crippen molar-refractivity contribution < 1.29 is 5.21 Å². The van der Waals surface area contributed by atoms with E-state index in [1.54, 1.807) is 6.08 Å². The fourth-order valence-corrected chi connectivity index (χ4v) is 3.52. The summed E-state index contributed by atoms with van der Waals surface area (Å²) in [4.78, 5) is 0.